The summed E-state index contributed by atoms with van der Waals surface area (Å²) in [5, 5.41) is 2.89. The molecule has 0 saturated heterocycles. The molecular formula is C23H26N2O3S. The van der Waals surface area contributed by atoms with Gasteiger partial charge in [0.15, 0.2) is 0 Å². The Balaban J connectivity index is 1.63. The Morgan fingerprint density at radius 3 is 2.72 bits per heavy atom. The van der Waals surface area contributed by atoms with Crippen LogP contribution in [0.15, 0.2) is 60.0 Å². The first kappa shape index (κ1) is 21.0. The number of rotatable bonds is 10. The van der Waals surface area contributed by atoms with E-state index in [-0.39, 0.29) is 5.91 Å². The average molecular weight is 411 g/mol. The zero-order valence-corrected chi connectivity index (χ0v) is 17.7. The lowest BCUT2D eigenvalue weighted by atomic mass is 10.2. The van der Waals surface area contributed by atoms with Gasteiger partial charge in [0.1, 0.15) is 17.4 Å². The van der Waals surface area contributed by atoms with Crippen LogP contribution in [-0.2, 0) is 17.9 Å². The molecule has 0 unspecified atom stereocenters. The van der Waals surface area contributed by atoms with Crippen molar-refractivity contribution >= 4 is 17.2 Å². The predicted molar refractivity (Wildman–Crippen MR) is 115 cm³/mol. The molecule has 0 spiro atoms. The molecular weight excluding hydrogens is 384 g/mol. The molecule has 5 nitrogen and oxygen atoms in total. The van der Waals surface area contributed by atoms with E-state index < -0.39 is 0 Å². The Morgan fingerprint density at radius 1 is 1.14 bits per heavy atom. The number of hydrogen-bond donors (Lipinski definition) is 0. The SMILES string of the molecule is COCCCN(Cc1csc(COc2cccc(C)c2)n1)C(=O)c1ccccc1. The third kappa shape index (κ3) is 6.41. The molecule has 3 rings (SSSR count). The first-order valence-electron chi connectivity index (χ1n) is 9.61. The summed E-state index contributed by atoms with van der Waals surface area (Å²) >= 11 is 1.55. The van der Waals surface area contributed by atoms with Gasteiger partial charge in [0.05, 0.1) is 12.2 Å². The van der Waals surface area contributed by atoms with E-state index in [1.807, 2.05) is 71.8 Å². The van der Waals surface area contributed by atoms with Crippen molar-refractivity contribution in [1.82, 2.24) is 9.88 Å². The predicted octanol–water partition coefficient (Wildman–Crippen LogP) is 4.71. The lowest BCUT2D eigenvalue weighted by Crippen LogP contribution is -2.32. The highest BCUT2D eigenvalue weighted by Crippen LogP contribution is 2.18. The largest absolute Gasteiger partial charge is 0.486 e. The Labute approximate surface area is 175 Å². The van der Waals surface area contributed by atoms with E-state index in [1.165, 1.54) is 0 Å². The molecule has 0 saturated carbocycles. The molecule has 6 heteroatoms. The first-order valence-corrected chi connectivity index (χ1v) is 10.5. The topological polar surface area (TPSA) is 51.7 Å². The second kappa shape index (κ2) is 10.7. The summed E-state index contributed by atoms with van der Waals surface area (Å²) in [6.45, 7) is 4.17. The molecule has 0 N–H and O–H groups in total. The van der Waals surface area contributed by atoms with Gasteiger partial charge < -0.3 is 14.4 Å². The van der Waals surface area contributed by atoms with Crippen molar-refractivity contribution in [3.8, 4) is 5.75 Å². The van der Waals surface area contributed by atoms with Crippen molar-refractivity contribution in [2.45, 2.75) is 26.5 Å². The van der Waals surface area contributed by atoms with Crippen molar-refractivity contribution in [1.29, 1.82) is 0 Å². The van der Waals surface area contributed by atoms with Gasteiger partial charge in [0, 0.05) is 31.2 Å². The summed E-state index contributed by atoms with van der Waals surface area (Å²) in [4.78, 5) is 19.4. The minimum Gasteiger partial charge on any atom is -0.486 e. The van der Waals surface area contributed by atoms with E-state index >= 15 is 0 Å². The summed E-state index contributed by atoms with van der Waals surface area (Å²) in [5.74, 6) is 0.842. The normalized spacial score (nSPS) is 10.7. The molecule has 29 heavy (non-hydrogen) atoms. The van der Waals surface area contributed by atoms with Crippen molar-refractivity contribution in [2.24, 2.45) is 0 Å². The second-order valence-corrected chi connectivity index (χ2v) is 7.72. The second-order valence-electron chi connectivity index (χ2n) is 6.78. The highest BCUT2D eigenvalue weighted by atomic mass is 32.1. The number of thiazole rings is 1. The molecule has 152 valence electrons. The number of aryl methyl sites for hydroxylation is 1. The Kier molecular flexibility index (Phi) is 7.78. The first-order chi connectivity index (χ1) is 14.2. The van der Waals surface area contributed by atoms with Gasteiger partial charge in [0.25, 0.3) is 5.91 Å². The third-order valence-corrected chi connectivity index (χ3v) is 5.26. The molecule has 0 radical (unpaired) electrons. The Hall–Kier alpha value is -2.70. The zero-order valence-electron chi connectivity index (χ0n) is 16.8. The summed E-state index contributed by atoms with van der Waals surface area (Å²) in [5.41, 5.74) is 2.72. The van der Waals surface area contributed by atoms with E-state index in [4.69, 9.17) is 9.47 Å². The molecule has 0 aliphatic carbocycles. The van der Waals surface area contributed by atoms with E-state index in [0.717, 1.165) is 28.4 Å². The summed E-state index contributed by atoms with van der Waals surface area (Å²) in [6, 6.07) is 17.3. The standard InChI is InChI=1S/C23H26N2O3S/c1-18-8-6-11-21(14-18)28-16-22-24-20(17-29-22)15-25(12-7-13-27-2)23(26)19-9-4-3-5-10-19/h3-6,8-11,14,17H,7,12-13,15-16H2,1-2H3. The van der Waals surface area contributed by atoms with Gasteiger partial charge in [-0.1, -0.05) is 30.3 Å². The average Bonchev–Trinajstić information content (AvgIpc) is 3.19. The number of amides is 1. The number of carbonyl (C=O) groups excluding carboxylic acids is 1. The van der Waals surface area contributed by atoms with Crippen LogP contribution >= 0.6 is 11.3 Å². The van der Waals surface area contributed by atoms with Crippen LogP contribution < -0.4 is 4.74 Å². The maximum atomic E-state index is 12.9. The van der Waals surface area contributed by atoms with E-state index in [0.29, 0.717) is 31.9 Å². The molecule has 1 amide bonds. The number of methoxy groups -OCH3 is 1. The Morgan fingerprint density at radius 2 is 1.97 bits per heavy atom. The Bertz CT molecular complexity index is 911. The van der Waals surface area contributed by atoms with Crippen LogP contribution in [0.25, 0.3) is 0 Å². The molecule has 1 aromatic heterocycles. The van der Waals surface area contributed by atoms with Gasteiger partial charge >= 0.3 is 0 Å². The van der Waals surface area contributed by atoms with Crippen LogP contribution in [0.1, 0.15) is 33.0 Å². The van der Waals surface area contributed by atoms with E-state index in [1.54, 1.807) is 18.4 Å². The van der Waals surface area contributed by atoms with Crippen LogP contribution in [0.4, 0.5) is 0 Å². The summed E-state index contributed by atoms with van der Waals surface area (Å²) in [7, 11) is 1.67. The fourth-order valence-corrected chi connectivity index (χ4v) is 3.65. The van der Waals surface area contributed by atoms with Gasteiger partial charge in [-0.25, -0.2) is 4.98 Å². The minimum absolute atomic E-state index is 0.00673. The van der Waals surface area contributed by atoms with Crippen molar-refractivity contribution in [3.05, 3.63) is 81.8 Å². The lowest BCUT2D eigenvalue weighted by Gasteiger charge is -2.22. The number of aromatic nitrogens is 1. The van der Waals surface area contributed by atoms with Gasteiger partial charge in [-0.05, 0) is 43.2 Å². The molecule has 0 bridgehead atoms. The van der Waals surface area contributed by atoms with Gasteiger partial charge in [-0.15, -0.1) is 11.3 Å². The monoisotopic (exact) mass is 410 g/mol. The third-order valence-electron chi connectivity index (χ3n) is 4.39. The van der Waals surface area contributed by atoms with Crippen LogP contribution in [0.3, 0.4) is 0 Å². The number of benzene rings is 2. The van der Waals surface area contributed by atoms with E-state index in [2.05, 4.69) is 4.98 Å². The zero-order chi connectivity index (χ0) is 20.5. The molecule has 0 aliphatic heterocycles. The number of hydrogen-bond acceptors (Lipinski definition) is 5. The van der Waals surface area contributed by atoms with Crippen molar-refractivity contribution in [3.63, 3.8) is 0 Å². The number of ether oxygens (including phenoxy) is 2. The lowest BCUT2D eigenvalue weighted by molar-refractivity contribution is 0.0721. The molecule has 1 heterocycles. The highest BCUT2D eigenvalue weighted by molar-refractivity contribution is 7.09. The number of carbonyl (C=O) groups is 1. The van der Waals surface area contributed by atoms with Gasteiger partial charge in [0.2, 0.25) is 0 Å². The molecule has 0 aliphatic rings. The van der Waals surface area contributed by atoms with E-state index in [9.17, 15) is 4.79 Å². The van der Waals surface area contributed by atoms with Crippen molar-refractivity contribution in [2.75, 3.05) is 20.3 Å². The number of nitrogens with zero attached hydrogens (tertiary/aromatic N) is 2. The molecule has 3 aromatic rings. The van der Waals surface area contributed by atoms with Crippen LogP contribution in [0.2, 0.25) is 0 Å². The fraction of sp³-hybridized carbons (Fsp3) is 0.304. The maximum Gasteiger partial charge on any atom is 0.254 e. The molecule has 0 atom stereocenters. The van der Waals surface area contributed by atoms with Crippen LogP contribution in [0, 0.1) is 6.92 Å². The minimum atomic E-state index is 0.00673. The van der Waals surface area contributed by atoms with Crippen LogP contribution in [-0.4, -0.2) is 36.1 Å². The van der Waals surface area contributed by atoms with Gasteiger partial charge in [-0.3, -0.25) is 4.79 Å². The van der Waals surface area contributed by atoms with Crippen molar-refractivity contribution < 1.29 is 14.3 Å². The summed E-state index contributed by atoms with van der Waals surface area (Å²) < 4.78 is 11.0. The smallest absolute Gasteiger partial charge is 0.254 e. The summed E-state index contributed by atoms with van der Waals surface area (Å²) in [6.07, 6.45) is 0.780. The fourth-order valence-electron chi connectivity index (χ4n) is 2.95. The maximum absolute atomic E-state index is 12.9. The van der Waals surface area contributed by atoms with Gasteiger partial charge in [-0.2, -0.15) is 0 Å². The molecule has 0 fully saturated rings. The highest BCUT2D eigenvalue weighted by Gasteiger charge is 2.17. The van der Waals surface area contributed by atoms with Crippen LogP contribution in [0.5, 0.6) is 5.75 Å². The quantitative estimate of drug-likeness (QED) is 0.454. The molecule has 2 aromatic carbocycles.